The summed E-state index contributed by atoms with van der Waals surface area (Å²) in [5, 5.41) is 0. The third kappa shape index (κ3) is 13.3. The zero-order valence-electron chi connectivity index (χ0n) is 10.1. The summed E-state index contributed by atoms with van der Waals surface area (Å²) in [7, 11) is 0. The van der Waals surface area contributed by atoms with Crippen LogP contribution in [-0.2, 0) is 0 Å². The lowest BCUT2D eigenvalue weighted by molar-refractivity contribution is -0.113. The summed E-state index contributed by atoms with van der Waals surface area (Å²) in [5.41, 5.74) is 0. The molecule has 0 aliphatic carbocycles. The lowest BCUT2D eigenvalue weighted by atomic mass is 10.1. The molecule has 0 aromatic rings. The average molecular weight is 282 g/mol. The fourth-order valence-corrected chi connectivity index (χ4v) is 0.982. The molecule has 0 aromatic carbocycles. The normalized spacial score (nSPS) is 10.7. The van der Waals surface area contributed by atoms with Crippen LogP contribution in [-0.4, -0.2) is 12.9 Å². The Kier molecular flexibility index (Phi) is 12.3. The van der Waals surface area contributed by atoms with Crippen molar-refractivity contribution in [3.05, 3.63) is 11.9 Å². The number of hydrogen-bond acceptors (Lipinski definition) is 0. The van der Waals surface area contributed by atoms with Gasteiger partial charge in [0, 0.05) is 0 Å². The Morgan fingerprint density at radius 1 is 0.833 bits per heavy atom. The van der Waals surface area contributed by atoms with E-state index in [2.05, 4.69) is 6.92 Å². The van der Waals surface area contributed by atoms with Crippen LogP contribution in [0.2, 0.25) is 0 Å². The van der Waals surface area contributed by atoms with Crippen molar-refractivity contribution in [1.29, 1.82) is 0 Å². The number of rotatable bonds is 6. The van der Waals surface area contributed by atoms with Crippen molar-refractivity contribution in [3.8, 4) is 0 Å². The van der Waals surface area contributed by atoms with Crippen molar-refractivity contribution >= 4 is 0 Å². The van der Waals surface area contributed by atoms with E-state index in [1.165, 1.54) is 25.7 Å². The molecule has 0 amide bonds. The monoisotopic (exact) mass is 282 g/mol. The third-order valence-corrected chi connectivity index (χ3v) is 1.90. The van der Waals surface area contributed by atoms with E-state index in [1.54, 1.807) is 0 Å². The summed E-state index contributed by atoms with van der Waals surface area (Å²) in [6.07, 6.45) is -1.96. The molecule has 0 rings (SSSR count). The van der Waals surface area contributed by atoms with Crippen molar-refractivity contribution in [2.24, 2.45) is 0 Å². The first-order valence-corrected chi connectivity index (χ1v) is 5.61. The highest BCUT2D eigenvalue weighted by atomic mass is 19.4. The van der Waals surface area contributed by atoms with E-state index in [4.69, 9.17) is 0 Å². The summed E-state index contributed by atoms with van der Waals surface area (Å²) in [6.45, 7) is 2.06. The SMILES string of the molecule is CCCCCCCCF.FC(F)=C(F)C(F)(F)F. The number of hydrogen-bond donors (Lipinski definition) is 0. The highest BCUT2D eigenvalue weighted by molar-refractivity contribution is 4.98. The van der Waals surface area contributed by atoms with Crippen molar-refractivity contribution in [3.63, 3.8) is 0 Å². The van der Waals surface area contributed by atoms with Crippen LogP contribution in [0, 0.1) is 0 Å². The number of halogens is 7. The Morgan fingerprint density at radius 2 is 1.28 bits per heavy atom. The van der Waals surface area contributed by atoms with Gasteiger partial charge >= 0.3 is 12.3 Å². The molecule has 0 spiro atoms. The van der Waals surface area contributed by atoms with E-state index in [9.17, 15) is 30.7 Å². The van der Waals surface area contributed by atoms with Crippen LogP contribution in [0.3, 0.4) is 0 Å². The zero-order chi connectivity index (χ0) is 14.6. The second-order valence-electron chi connectivity index (χ2n) is 3.53. The number of allylic oxidation sites excluding steroid dienone is 1. The molecule has 110 valence electrons. The van der Waals surface area contributed by atoms with Crippen molar-refractivity contribution < 1.29 is 30.7 Å². The minimum Gasteiger partial charge on any atom is -0.251 e. The lowest BCUT2D eigenvalue weighted by Crippen LogP contribution is -2.08. The molecule has 0 heterocycles. The highest BCUT2D eigenvalue weighted by Crippen LogP contribution is 2.29. The summed E-state index contributed by atoms with van der Waals surface area (Å²) < 4.78 is 76.3. The Balaban J connectivity index is 0. The summed E-state index contributed by atoms with van der Waals surface area (Å²) >= 11 is 0. The Bertz CT molecular complexity index is 210. The van der Waals surface area contributed by atoms with E-state index in [1.807, 2.05) is 0 Å². The van der Waals surface area contributed by atoms with E-state index in [0.29, 0.717) is 0 Å². The van der Waals surface area contributed by atoms with Crippen LogP contribution in [0.15, 0.2) is 11.9 Å². The summed E-state index contributed by atoms with van der Waals surface area (Å²) in [4.78, 5) is 0. The second kappa shape index (κ2) is 11.3. The van der Waals surface area contributed by atoms with Gasteiger partial charge in [0.15, 0.2) is 0 Å². The van der Waals surface area contributed by atoms with E-state index in [0.717, 1.165) is 12.8 Å². The maximum atomic E-state index is 11.5. The second-order valence-corrected chi connectivity index (χ2v) is 3.53. The van der Waals surface area contributed by atoms with Gasteiger partial charge in [-0.25, -0.2) is 0 Å². The molecule has 0 nitrogen and oxygen atoms in total. The predicted octanol–water partition coefficient (Wildman–Crippen LogP) is 5.94. The number of unbranched alkanes of at least 4 members (excludes halogenated alkanes) is 5. The zero-order valence-corrected chi connectivity index (χ0v) is 10.1. The predicted molar refractivity (Wildman–Crippen MR) is 55.8 cm³/mol. The average Bonchev–Trinajstić information content (AvgIpc) is 2.27. The molecule has 0 aromatic heterocycles. The van der Waals surface area contributed by atoms with Gasteiger partial charge < -0.3 is 0 Å². The molecule has 0 radical (unpaired) electrons. The molecular weight excluding hydrogens is 265 g/mol. The fourth-order valence-electron chi connectivity index (χ4n) is 0.982. The number of alkyl halides is 4. The first-order valence-electron chi connectivity index (χ1n) is 5.61. The molecule has 18 heavy (non-hydrogen) atoms. The molecule has 0 aliphatic rings. The van der Waals surface area contributed by atoms with Crippen LogP contribution in [0.4, 0.5) is 30.7 Å². The molecule has 0 bridgehead atoms. The van der Waals surface area contributed by atoms with Crippen LogP contribution >= 0.6 is 0 Å². The van der Waals surface area contributed by atoms with Crippen molar-refractivity contribution in [2.75, 3.05) is 6.67 Å². The maximum Gasteiger partial charge on any atom is 0.448 e. The van der Waals surface area contributed by atoms with Crippen molar-refractivity contribution in [2.45, 2.75) is 51.6 Å². The molecule has 0 aliphatic heterocycles. The van der Waals surface area contributed by atoms with Gasteiger partial charge in [-0.2, -0.15) is 26.3 Å². The van der Waals surface area contributed by atoms with Gasteiger partial charge in [-0.3, -0.25) is 4.39 Å². The first kappa shape index (κ1) is 19.6. The summed E-state index contributed by atoms with van der Waals surface area (Å²) in [6, 6.07) is 0. The molecule has 0 N–H and O–H groups in total. The minimum atomic E-state index is -5.56. The quantitative estimate of drug-likeness (QED) is 0.417. The van der Waals surface area contributed by atoms with Crippen LogP contribution in [0.5, 0.6) is 0 Å². The van der Waals surface area contributed by atoms with Gasteiger partial charge in [0.1, 0.15) is 0 Å². The molecule has 0 saturated carbocycles. The van der Waals surface area contributed by atoms with E-state index >= 15 is 0 Å². The first-order chi connectivity index (χ1) is 8.27. The molecule has 0 unspecified atom stereocenters. The van der Waals surface area contributed by atoms with E-state index in [-0.39, 0.29) is 6.67 Å². The molecule has 0 saturated heterocycles. The smallest absolute Gasteiger partial charge is 0.251 e. The minimum absolute atomic E-state index is 0.133. The van der Waals surface area contributed by atoms with Gasteiger partial charge in [-0.05, 0) is 6.42 Å². The maximum absolute atomic E-state index is 11.5. The van der Waals surface area contributed by atoms with Gasteiger partial charge in [0.2, 0.25) is 0 Å². The van der Waals surface area contributed by atoms with Gasteiger partial charge in [0.25, 0.3) is 5.83 Å². The van der Waals surface area contributed by atoms with Crippen LogP contribution in [0.1, 0.15) is 45.4 Å². The van der Waals surface area contributed by atoms with E-state index < -0.39 is 18.1 Å². The topological polar surface area (TPSA) is 0 Å². The highest BCUT2D eigenvalue weighted by Gasteiger charge is 2.38. The lowest BCUT2D eigenvalue weighted by Gasteiger charge is -1.98. The molecule has 0 fully saturated rings. The molecule has 0 atom stereocenters. The van der Waals surface area contributed by atoms with Crippen LogP contribution in [0.25, 0.3) is 0 Å². The summed E-state index contributed by atoms with van der Waals surface area (Å²) in [5.74, 6) is -3.33. The Labute approximate surface area is 102 Å². The third-order valence-electron chi connectivity index (χ3n) is 1.90. The van der Waals surface area contributed by atoms with Crippen LogP contribution < -0.4 is 0 Å². The molecule has 7 heteroatoms. The Morgan fingerprint density at radius 3 is 1.56 bits per heavy atom. The van der Waals surface area contributed by atoms with Gasteiger partial charge in [-0.15, -0.1) is 0 Å². The fraction of sp³-hybridized carbons (Fsp3) is 0.818. The van der Waals surface area contributed by atoms with Gasteiger partial charge in [0.05, 0.1) is 6.67 Å². The molecular formula is C11H17F7. The standard InChI is InChI=1S/C8H17F.C3F6/c1-2-3-4-5-6-7-8-9;4-1(2(5)6)3(7,8)9/h2-8H2,1H3;. The van der Waals surface area contributed by atoms with Gasteiger partial charge in [-0.1, -0.05) is 39.0 Å². The Hall–Kier alpha value is -0.750. The largest absolute Gasteiger partial charge is 0.448 e. The van der Waals surface area contributed by atoms with Crippen molar-refractivity contribution in [1.82, 2.24) is 0 Å².